The lowest BCUT2D eigenvalue weighted by Crippen LogP contribution is -2.34. The first-order chi connectivity index (χ1) is 11.2. The molecule has 1 unspecified atom stereocenters. The Morgan fingerprint density at radius 1 is 1.25 bits per heavy atom. The van der Waals surface area contributed by atoms with Gasteiger partial charge in [0.25, 0.3) is 5.91 Å². The Labute approximate surface area is 137 Å². The molecule has 130 valence electrons. The molecule has 0 aliphatic carbocycles. The van der Waals surface area contributed by atoms with Crippen molar-refractivity contribution in [3.63, 3.8) is 0 Å². The van der Waals surface area contributed by atoms with Crippen LogP contribution in [0, 0.1) is 5.92 Å². The highest BCUT2D eigenvalue weighted by Gasteiger charge is 2.33. The van der Waals surface area contributed by atoms with E-state index in [2.05, 4.69) is 10.4 Å². The number of nitrogens with one attached hydrogen (secondary N) is 1. The van der Waals surface area contributed by atoms with Crippen molar-refractivity contribution in [3.8, 4) is 5.69 Å². The number of rotatable bonds is 5. The van der Waals surface area contributed by atoms with E-state index in [0.717, 1.165) is 10.7 Å². The molecular weight excluding hydrogens is 323 g/mol. The summed E-state index contributed by atoms with van der Waals surface area (Å²) in [7, 11) is 0. The first-order valence-corrected chi connectivity index (χ1v) is 7.38. The van der Waals surface area contributed by atoms with Gasteiger partial charge in [0.05, 0.1) is 11.8 Å². The number of benzene rings is 1. The molecule has 0 saturated heterocycles. The predicted molar refractivity (Wildman–Crippen MR) is 81.7 cm³/mol. The van der Waals surface area contributed by atoms with Gasteiger partial charge in [-0.25, -0.2) is 4.68 Å². The summed E-state index contributed by atoms with van der Waals surface area (Å²) in [6.45, 7) is 3.81. The van der Waals surface area contributed by atoms with Gasteiger partial charge >= 0.3 is 6.18 Å². The van der Waals surface area contributed by atoms with Crippen LogP contribution in [0.5, 0.6) is 0 Å². The summed E-state index contributed by atoms with van der Waals surface area (Å²) in [5.41, 5.74) is -0.228. The van der Waals surface area contributed by atoms with Crippen LogP contribution in [0.4, 0.5) is 13.2 Å². The average molecular weight is 341 g/mol. The van der Waals surface area contributed by atoms with Crippen LogP contribution in [0.1, 0.15) is 29.9 Å². The summed E-state index contributed by atoms with van der Waals surface area (Å²) in [4.78, 5) is 12.0. The Balaban J connectivity index is 2.05. The maximum atomic E-state index is 12.5. The molecule has 1 aromatic carbocycles. The molecule has 2 rings (SSSR count). The van der Waals surface area contributed by atoms with E-state index in [1.807, 2.05) is 13.8 Å². The second-order valence-corrected chi connectivity index (χ2v) is 5.71. The van der Waals surface area contributed by atoms with Gasteiger partial charge in [-0.05, 0) is 36.2 Å². The minimum Gasteiger partial charge on any atom is -0.391 e. The number of alkyl halides is 3. The van der Waals surface area contributed by atoms with Gasteiger partial charge in [0, 0.05) is 18.3 Å². The smallest absolute Gasteiger partial charge is 0.391 e. The molecule has 2 N–H and O–H groups in total. The number of amides is 1. The Kier molecular flexibility index (Phi) is 5.28. The summed E-state index contributed by atoms with van der Waals surface area (Å²) in [6, 6.07) is 6.86. The fraction of sp³-hybridized carbons (Fsp3) is 0.375. The highest BCUT2D eigenvalue weighted by molar-refractivity contribution is 5.94. The minimum atomic E-state index is -4.50. The van der Waals surface area contributed by atoms with E-state index >= 15 is 0 Å². The standard InChI is InChI=1S/C16H18F3N3O2/c1-10(2)13(23)9-20-15(24)11-3-5-12(6-4-11)22-8-7-14(21-22)16(17,18)19/h3-8,10,13,23H,9H2,1-2H3,(H,20,24). The monoisotopic (exact) mass is 341 g/mol. The number of carbonyl (C=O) groups excluding carboxylic acids is 1. The van der Waals surface area contributed by atoms with Gasteiger partial charge in [0.15, 0.2) is 5.69 Å². The molecule has 5 nitrogen and oxygen atoms in total. The van der Waals surface area contributed by atoms with E-state index in [1.165, 1.54) is 30.5 Å². The molecule has 24 heavy (non-hydrogen) atoms. The molecule has 0 radical (unpaired) electrons. The molecule has 0 fully saturated rings. The van der Waals surface area contributed by atoms with E-state index in [1.54, 1.807) is 0 Å². The van der Waals surface area contributed by atoms with Crippen LogP contribution in [0.3, 0.4) is 0 Å². The van der Waals surface area contributed by atoms with Crippen LogP contribution in [-0.2, 0) is 6.18 Å². The highest BCUT2D eigenvalue weighted by atomic mass is 19.4. The third kappa shape index (κ3) is 4.35. The molecule has 1 amide bonds. The van der Waals surface area contributed by atoms with Crippen LogP contribution in [-0.4, -0.2) is 33.4 Å². The van der Waals surface area contributed by atoms with Crippen LogP contribution in [0.25, 0.3) is 5.69 Å². The lowest BCUT2D eigenvalue weighted by molar-refractivity contribution is -0.141. The largest absolute Gasteiger partial charge is 0.435 e. The number of halogens is 3. The van der Waals surface area contributed by atoms with Crippen molar-refractivity contribution < 1.29 is 23.1 Å². The highest BCUT2D eigenvalue weighted by Crippen LogP contribution is 2.27. The molecule has 0 aliphatic heterocycles. The van der Waals surface area contributed by atoms with E-state index < -0.39 is 18.0 Å². The van der Waals surface area contributed by atoms with Crippen LogP contribution in [0.15, 0.2) is 36.5 Å². The van der Waals surface area contributed by atoms with Crippen LogP contribution >= 0.6 is 0 Å². The van der Waals surface area contributed by atoms with Gasteiger partial charge in [-0.3, -0.25) is 4.79 Å². The Morgan fingerprint density at radius 2 is 1.88 bits per heavy atom. The van der Waals surface area contributed by atoms with Crippen molar-refractivity contribution in [1.82, 2.24) is 15.1 Å². The topological polar surface area (TPSA) is 67.2 Å². The Bertz CT molecular complexity index is 693. The molecule has 1 heterocycles. The van der Waals surface area contributed by atoms with E-state index in [0.29, 0.717) is 11.3 Å². The van der Waals surface area contributed by atoms with Crippen molar-refractivity contribution in [2.45, 2.75) is 26.1 Å². The lowest BCUT2D eigenvalue weighted by atomic mass is 10.1. The summed E-state index contributed by atoms with van der Waals surface area (Å²) in [5, 5.41) is 15.7. The van der Waals surface area contributed by atoms with Gasteiger partial charge in [-0.2, -0.15) is 18.3 Å². The number of aliphatic hydroxyl groups excluding tert-OH is 1. The van der Waals surface area contributed by atoms with E-state index in [9.17, 15) is 23.1 Å². The number of aliphatic hydroxyl groups is 1. The third-order valence-electron chi connectivity index (χ3n) is 3.51. The van der Waals surface area contributed by atoms with Crippen LogP contribution in [0.2, 0.25) is 0 Å². The molecule has 2 aromatic rings. The Hall–Kier alpha value is -2.35. The number of hydrogen-bond donors (Lipinski definition) is 2. The normalized spacial score (nSPS) is 13.1. The third-order valence-corrected chi connectivity index (χ3v) is 3.51. The zero-order valence-corrected chi connectivity index (χ0v) is 13.2. The van der Waals surface area contributed by atoms with Crippen molar-refractivity contribution in [2.24, 2.45) is 5.92 Å². The zero-order valence-electron chi connectivity index (χ0n) is 13.2. The Morgan fingerprint density at radius 3 is 2.38 bits per heavy atom. The summed E-state index contributed by atoms with van der Waals surface area (Å²) < 4.78 is 38.7. The molecular formula is C16H18F3N3O2. The number of nitrogens with zero attached hydrogens (tertiary/aromatic N) is 2. The maximum Gasteiger partial charge on any atom is 0.435 e. The van der Waals surface area contributed by atoms with E-state index in [4.69, 9.17) is 0 Å². The van der Waals surface area contributed by atoms with Gasteiger partial charge in [-0.1, -0.05) is 13.8 Å². The molecule has 8 heteroatoms. The molecule has 0 bridgehead atoms. The number of aromatic nitrogens is 2. The van der Waals surface area contributed by atoms with Gasteiger partial charge in [-0.15, -0.1) is 0 Å². The maximum absolute atomic E-state index is 12.5. The fourth-order valence-corrected chi connectivity index (χ4v) is 1.92. The van der Waals surface area contributed by atoms with Crippen molar-refractivity contribution >= 4 is 5.91 Å². The first-order valence-electron chi connectivity index (χ1n) is 7.38. The van der Waals surface area contributed by atoms with E-state index in [-0.39, 0.29) is 18.4 Å². The fourth-order valence-electron chi connectivity index (χ4n) is 1.92. The summed E-state index contributed by atoms with van der Waals surface area (Å²) in [5.74, 6) is -0.340. The molecule has 0 aliphatic rings. The SMILES string of the molecule is CC(C)C(O)CNC(=O)c1ccc(-n2ccc(C(F)(F)F)n2)cc1. The molecule has 0 saturated carbocycles. The van der Waals surface area contributed by atoms with Gasteiger partial charge < -0.3 is 10.4 Å². The van der Waals surface area contributed by atoms with Gasteiger partial charge in [0.1, 0.15) is 0 Å². The van der Waals surface area contributed by atoms with Gasteiger partial charge in [0.2, 0.25) is 0 Å². The van der Waals surface area contributed by atoms with Crippen molar-refractivity contribution in [2.75, 3.05) is 6.54 Å². The zero-order chi connectivity index (χ0) is 17.9. The number of carbonyl (C=O) groups is 1. The number of hydrogen-bond acceptors (Lipinski definition) is 3. The average Bonchev–Trinajstić information content (AvgIpc) is 3.02. The molecule has 1 atom stereocenters. The summed E-state index contributed by atoms with van der Waals surface area (Å²) in [6.07, 6.45) is -3.93. The van der Waals surface area contributed by atoms with Crippen molar-refractivity contribution in [1.29, 1.82) is 0 Å². The second kappa shape index (κ2) is 7.04. The quantitative estimate of drug-likeness (QED) is 0.879. The van der Waals surface area contributed by atoms with Crippen molar-refractivity contribution in [3.05, 3.63) is 47.8 Å². The minimum absolute atomic E-state index is 0.0234. The lowest BCUT2D eigenvalue weighted by Gasteiger charge is -2.15. The molecule has 0 spiro atoms. The second-order valence-electron chi connectivity index (χ2n) is 5.71. The predicted octanol–water partition coefficient (Wildman–Crippen LogP) is 2.64. The summed E-state index contributed by atoms with van der Waals surface area (Å²) >= 11 is 0. The van der Waals surface area contributed by atoms with Crippen LogP contribution < -0.4 is 5.32 Å². The molecule has 1 aromatic heterocycles. The first kappa shape index (κ1) is 18.0.